The summed E-state index contributed by atoms with van der Waals surface area (Å²) < 4.78 is 0. The summed E-state index contributed by atoms with van der Waals surface area (Å²) in [6.45, 7) is 0. The van der Waals surface area contributed by atoms with Crippen molar-refractivity contribution >= 4 is 34.7 Å². The summed E-state index contributed by atoms with van der Waals surface area (Å²) in [5.74, 6) is 1.19. The molecule has 0 bridgehead atoms. The van der Waals surface area contributed by atoms with Crippen LogP contribution in [-0.4, -0.2) is 11.7 Å². The molecule has 2 atom stereocenters. The number of hydrogen-bond donors (Lipinski definition) is 2. The van der Waals surface area contributed by atoms with E-state index in [0.717, 1.165) is 37.1 Å². The van der Waals surface area contributed by atoms with E-state index in [9.17, 15) is 4.79 Å². The lowest BCUT2D eigenvalue weighted by atomic mass is 9.87. The van der Waals surface area contributed by atoms with Crippen molar-refractivity contribution in [3.63, 3.8) is 0 Å². The average Bonchev–Trinajstić information content (AvgIpc) is 3.03. The fourth-order valence-corrected chi connectivity index (χ4v) is 5.90. The molecule has 4 rings (SSSR count). The standard InChI is InChI=1S/C18H20N2OS2/c19-12-4-5-13-11(10-12)2-1-3-15(13)20-18(21)17-14-6-8-22-16(14)7-9-23-17/h4-6,8,10,15,17H,1-3,7,9,19H2,(H,20,21). The molecule has 2 heterocycles. The van der Waals surface area contributed by atoms with Gasteiger partial charge in [-0.05, 0) is 71.7 Å². The van der Waals surface area contributed by atoms with Crippen LogP contribution in [0.1, 0.15) is 45.7 Å². The summed E-state index contributed by atoms with van der Waals surface area (Å²) in [6, 6.07) is 8.32. The van der Waals surface area contributed by atoms with Crippen molar-refractivity contribution in [2.75, 3.05) is 11.5 Å². The zero-order valence-electron chi connectivity index (χ0n) is 12.9. The van der Waals surface area contributed by atoms with Gasteiger partial charge in [0.15, 0.2) is 0 Å². The third-order valence-electron chi connectivity index (χ3n) is 4.71. The molecule has 2 aliphatic rings. The van der Waals surface area contributed by atoms with Crippen molar-refractivity contribution in [1.29, 1.82) is 0 Å². The Kier molecular flexibility index (Phi) is 4.07. The van der Waals surface area contributed by atoms with Crippen molar-refractivity contribution in [2.24, 2.45) is 0 Å². The van der Waals surface area contributed by atoms with Gasteiger partial charge in [-0.2, -0.15) is 0 Å². The van der Waals surface area contributed by atoms with E-state index in [-0.39, 0.29) is 17.2 Å². The highest BCUT2D eigenvalue weighted by atomic mass is 32.2. The van der Waals surface area contributed by atoms with E-state index in [0.29, 0.717) is 0 Å². The largest absolute Gasteiger partial charge is 0.399 e. The second kappa shape index (κ2) is 6.21. The fraction of sp³-hybridized carbons (Fsp3) is 0.389. The first kappa shape index (κ1) is 15.1. The molecule has 0 radical (unpaired) electrons. The van der Waals surface area contributed by atoms with Crippen LogP contribution in [0, 0.1) is 0 Å². The van der Waals surface area contributed by atoms with Gasteiger partial charge in [0.1, 0.15) is 5.25 Å². The summed E-state index contributed by atoms with van der Waals surface area (Å²) >= 11 is 3.54. The third-order valence-corrected chi connectivity index (χ3v) is 6.95. The van der Waals surface area contributed by atoms with Crippen LogP contribution in [0.15, 0.2) is 29.6 Å². The van der Waals surface area contributed by atoms with Crippen LogP contribution in [0.25, 0.3) is 0 Å². The van der Waals surface area contributed by atoms with E-state index in [4.69, 9.17) is 5.73 Å². The molecule has 23 heavy (non-hydrogen) atoms. The molecule has 1 aliphatic carbocycles. The minimum atomic E-state index is -0.0517. The molecule has 2 aromatic rings. The summed E-state index contributed by atoms with van der Waals surface area (Å²) in [5.41, 5.74) is 10.5. The minimum absolute atomic E-state index is 0.0517. The molecule has 120 valence electrons. The van der Waals surface area contributed by atoms with Gasteiger partial charge in [0, 0.05) is 10.6 Å². The number of nitrogens with one attached hydrogen (secondary N) is 1. The number of carbonyl (C=O) groups excluding carboxylic acids is 1. The van der Waals surface area contributed by atoms with Gasteiger partial charge in [-0.3, -0.25) is 4.79 Å². The Morgan fingerprint density at radius 1 is 1.22 bits per heavy atom. The van der Waals surface area contributed by atoms with Gasteiger partial charge in [-0.25, -0.2) is 0 Å². The van der Waals surface area contributed by atoms with Crippen molar-refractivity contribution < 1.29 is 4.79 Å². The molecule has 2 unspecified atom stereocenters. The average molecular weight is 345 g/mol. The number of benzene rings is 1. The zero-order valence-corrected chi connectivity index (χ0v) is 14.5. The Labute approximate surface area is 144 Å². The van der Waals surface area contributed by atoms with Crippen LogP contribution in [-0.2, 0) is 17.6 Å². The Bertz CT molecular complexity index is 740. The molecule has 0 saturated heterocycles. The second-order valence-electron chi connectivity index (χ2n) is 6.21. The number of thioether (sulfide) groups is 1. The van der Waals surface area contributed by atoms with Crippen LogP contribution in [0.4, 0.5) is 5.69 Å². The Morgan fingerprint density at radius 3 is 3.04 bits per heavy atom. The first-order valence-electron chi connectivity index (χ1n) is 8.09. The molecule has 1 aromatic carbocycles. The molecule has 1 aliphatic heterocycles. The van der Waals surface area contributed by atoms with Gasteiger partial charge in [0.2, 0.25) is 5.91 Å². The summed E-state index contributed by atoms with van der Waals surface area (Å²) in [5, 5.41) is 5.35. The maximum absolute atomic E-state index is 12.9. The number of rotatable bonds is 2. The smallest absolute Gasteiger partial charge is 0.238 e. The summed E-state index contributed by atoms with van der Waals surface area (Å²) in [4.78, 5) is 14.2. The number of aryl methyl sites for hydroxylation is 2. The lowest BCUT2D eigenvalue weighted by molar-refractivity contribution is -0.121. The maximum atomic E-state index is 12.9. The lowest BCUT2D eigenvalue weighted by Gasteiger charge is -2.29. The second-order valence-corrected chi connectivity index (χ2v) is 8.43. The zero-order chi connectivity index (χ0) is 15.8. The van der Waals surface area contributed by atoms with Crippen LogP contribution in [0.3, 0.4) is 0 Å². The van der Waals surface area contributed by atoms with Crippen molar-refractivity contribution in [1.82, 2.24) is 5.32 Å². The molecule has 3 N–H and O–H groups in total. The van der Waals surface area contributed by atoms with E-state index in [2.05, 4.69) is 28.9 Å². The first-order chi connectivity index (χ1) is 11.2. The highest BCUT2D eigenvalue weighted by Gasteiger charge is 2.30. The first-order valence-corrected chi connectivity index (χ1v) is 10.0. The van der Waals surface area contributed by atoms with E-state index in [1.165, 1.54) is 21.6 Å². The number of thiophene rings is 1. The molecule has 0 fully saturated rings. The van der Waals surface area contributed by atoms with E-state index < -0.39 is 0 Å². The molecule has 0 saturated carbocycles. The Morgan fingerprint density at radius 2 is 2.13 bits per heavy atom. The summed E-state index contributed by atoms with van der Waals surface area (Å²) in [7, 11) is 0. The maximum Gasteiger partial charge on any atom is 0.238 e. The van der Waals surface area contributed by atoms with Crippen LogP contribution >= 0.6 is 23.1 Å². The lowest BCUT2D eigenvalue weighted by Crippen LogP contribution is -2.34. The monoisotopic (exact) mass is 344 g/mol. The highest BCUT2D eigenvalue weighted by Crippen LogP contribution is 2.40. The molecular weight excluding hydrogens is 324 g/mol. The quantitative estimate of drug-likeness (QED) is 0.814. The predicted octanol–water partition coefficient (Wildman–Crippen LogP) is 3.85. The van der Waals surface area contributed by atoms with E-state index in [1.807, 2.05) is 6.07 Å². The minimum Gasteiger partial charge on any atom is -0.399 e. The van der Waals surface area contributed by atoms with Crippen LogP contribution in [0.2, 0.25) is 0 Å². The molecule has 1 aromatic heterocycles. The predicted molar refractivity (Wildman–Crippen MR) is 97.9 cm³/mol. The normalized spacial score (nSPS) is 23.0. The van der Waals surface area contributed by atoms with Crippen molar-refractivity contribution in [3.05, 3.63) is 51.2 Å². The van der Waals surface area contributed by atoms with Crippen LogP contribution in [0.5, 0.6) is 0 Å². The van der Waals surface area contributed by atoms with Gasteiger partial charge in [-0.15, -0.1) is 23.1 Å². The Hall–Kier alpha value is -1.46. The number of nitrogen functional groups attached to an aromatic ring is 1. The topological polar surface area (TPSA) is 55.1 Å². The van der Waals surface area contributed by atoms with Crippen molar-refractivity contribution in [3.8, 4) is 0 Å². The SMILES string of the molecule is Nc1ccc2c(c1)CCCC2NC(=O)C1SCCc2sccc21. The number of anilines is 1. The van der Waals surface area contributed by atoms with Gasteiger partial charge in [0.05, 0.1) is 6.04 Å². The molecule has 0 spiro atoms. The van der Waals surface area contributed by atoms with E-state index >= 15 is 0 Å². The van der Waals surface area contributed by atoms with E-state index in [1.54, 1.807) is 23.1 Å². The number of hydrogen-bond acceptors (Lipinski definition) is 4. The molecule has 3 nitrogen and oxygen atoms in total. The number of fused-ring (bicyclic) bond motifs is 2. The number of carbonyl (C=O) groups is 1. The van der Waals surface area contributed by atoms with Gasteiger partial charge in [0.25, 0.3) is 0 Å². The Balaban J connectivity index is 1.55. The number of nitrogens with two attached hydrogens (primary N) is 1. The third kappa shape index (κ3) is 2.88. The van der Waals surface area contributed by atoms with Crippen molar-refractivity contribution in [2.45, 2.75) is 37.0 Å². The fourth-order valence-electron chi connectivity index (χ4n) is 3.60. The summed E-state index contributed by atoms with van der Waals surface area (Å²) in [6.07, 6.45) is 4.26. The van der Waals surface area contributed by atoms with Gasteiger partial charge in [-0.1, -0.05) is 6.07 Å². The van der Waals surface area contributed by atoms with Gasteiger partial charge >= 0.3 is 0 Å². The highest BCUT2D eigenvalue weighted by molar-refractivity contribution is 8.00. The molecular formula is C18H20N2OS2. The van der Waals surface area contributed by atoms with Crippen LogP contribution < -0.4 is 11.1 Å². The number of amides is 1. The van der Waals surface area contributed by atoms with Gasteiger partial charge < -0.3 is 11.1 Å². The molecule has 5 heteroatoms. The molecule has 1 amide bonds.